The molecule has 13 amide bonds. The fourth-order valence-electron chi connectivity index (χ4n) is 10.5. The molecule has 8 heterocycles. The van der Waals surface area contributed by atoms with Crippen LogP contribution in [0.5, 0.6) is 0 Å². The molecule has 0 aliphatic heterocycles. The second kappa shape index (κ2) is 34.2. The Hall–Kier alpha value is -12.9. The Labute approximate surface area is 589 Å². The van der Waals surface area contributed by atoms with E-state index < -0.39 is 76.9 Å². The van der Waals surface area contributed by atoms with Gasteiger partial charge in [0.15, 0.2) is 17.5 Å². The van der Waals surface area contributed by atoms with Crippen molar-refractivity contribution in [3.63, 3.8) is 0 Å². The second-order valence-corrected chi connectivity index (χ2v) is 24.3. The van der Waals surface area contributed by atoms with E-state index in [-0.39, 0.29) is 132 Å². The molecule has 38 nitrogen and oxygen atoms in total. The maximum absolute atomic E-state index is 13.6. The van der Waals surface area contributed by atoms with E-state index >= 15 is 0 Å². The number of aryl methyl sites for hydroxylation is 8. The van der Waals surface area contributed by atoms with E-state index in [1.165, 1.54) is 113 Å². The van der Waals surface area contributed by atoms with Crippen LogP contribution in [0.15, 0.2) is 86.1 Å². The van der Waals surface area contributed by atoms with Gasteiger partial charge >= 0.3 is 0 Å². The first kappa shape index (κ1) is 75.9. The standard InChI is InChI=1S/C65H83N25O13/c1-37(91)72-43(13-18-70-63(101)55-78-49(35-89(55)10)80-62(100)48-26-39(31-87(48)8)74-53(94)16-21-71-64(102)56-79-50(36-90(56)11)81-65(103)54-67-22-24-83(54)4)57(95)75-40-29-47(88(9)32-40)61(99)77-42-28-45(85(6)34-42)59(97)69-20-15-52(93)73-38-25-46(86(7)30-38)60(98)76-41-27-44(84(5)33-41)58(96)68-19-14-51(92)66-17-12-23-82(2)3/h22,24-36,43H,12-21,23H2,1-11H3,(H,66,92)(H,68,96)(H,69,97)(H,70,101)(H,71,102)(H,72,91)(H,73,93)(H,74,94)(H,75,95)(H,76,98)(H,77,99)(H,80,100)(H,81,103)/t43-/m1/s1. The van der Waals surface area contributed by atoms with Gasteiger partial charge in [-0.2, -0.15) is 0 Å². The number of hydrogen-bond donors (Lipinski definition) is 13. The van der Waals surface area contributed by atoms with Crippen LogP contribution >= 0.6 is 0 Å². The summed E-state index contributed by atoms with van der Waals surface area (Å²) in [7, 11) is 16.6. The summed E-state index contributed by atoms with van der Waals surface area (Å²) in [6, 6.07) is 6.06. The molecule has 0 aliphatic carbocycles. The summed E-state index contributed by atoms with van der Waals surface area (Å²) < 4.78 is 11.7. The molecule has 0 fully saturated rings. The Kier molecular flexibility index (Phi) is 25.2. The summed E-state index contributed by atoms with van der Waals surface area (Å²) in [5, 5.41) is 34.9. The monoisotopic (exact) mass is 1420 g/mol. The quantitative estimate of drug-likeness (QED) is 0.0250. The number of rotatable bonds is 33. The highest BCUT2D eigenvalue weighted by atomic mass is 16.2. The van der Waals surface area contributed by atoms with Crippen molar-refractivity contribution in [1.29, 1.82) is 0 Å². The van der Waals surface area contributed by atoms with Crippen molar-refractivity contribution in [3.05, 3.63) is 132 Å². The van der Waals surface area contributed by atoms with E-state index in [0.29, 0.717) is 17.9 Å². The topological polar surface area (TPSA) is 460 Å². The molecule has 0 spiro atoms. The third-order valence-electron chi connectivity index (χ3n) is 15.6. The Morgan fingerprint density at radius 1 is 0.388 bits per heavy atom. The van der Waals surface area contributed by atoms with Crippen LogP contribution in [0, 0.1) is 0 Å². The van der Waals surface area contributed by atoms with Crippen molar-refractivity contribution >= 4 is 117 Å². The molecule has 8 aromatic rings. The molecule has 0 radical (unpaired) electrons. The first-order valence-corrected chi connectivity index (χ1v) is 32.2. The molecule has 103 heavy (non-hydrogen) atoms. The number of nitrogens with one attached hydrogen (secondary N) is 13. The largest absolute Gasteiger partial charge is 0.356 e. The van der Waals surface area contributed by atoms with Gasteiger partial charge in [-0.05, 0) is 63.8 Å². The maximum atomic E-state index is 13.6. The number of hydrogen-bond acceptors (Lipinski definition) is 17. The van der Waals surface area contributed by atoms with Crippen molar-refractivity contribution in [3.8, 4) is 0 Å². The zero-order chi connectivity index (χ0) is 74.9. The Balaban J connectivity index is 0.736. The van der Waals surface area contributed by atoms with Gasteiger partial charge in [0.25, 0.3) is 47.3 Å². The van der Waals surface area contributed by atoms with Crippen LogP contribution in [-0.2, 0) is 80.4 Å². The molecule has 38 heteroatoms. The van der Waals surface area contributed by atoms with Crippen molar-refractivity contribution < 1.29 is 62.3 Å². The fourth-order valence-corrected chi connectivity index (χ4v) is 10.5. The molecule has 1 atom stereocenters. The lowest BCUT2D eigenvalue weighted by Crippen LogP contribution is -2.45. The predicted molar refractivity (Wildman–Crippen MR) is 376 cm³/mol. The maximum Gasteiger partial charge on any atom is 0.292 e. The number of imidazole rings is 3. The number of carbonyl (C=O) groups is 13. The van der Waals surface area contributed by atoms with Crippen LogP contribution in [0.1, 0.15) is 123 Å². The summed E-state index contributed by atoms with van der Waals surface area (Å²) in [5.41, 5.74) is 2.20. The molecule has 13 N–H and O–H groups in total. The van der Waals surface area contributed by atoms with Gasteiger partial charge in [0.1, 0.15) is 34.5 Å². The minimum atomic E-state index is -1.16. The summed E-state index contributed by atoms with van der Waals surface area (Å²) in [6.07, 6.45) is 14.1. The van der Waals surface area contributed by atoms with Crippen LogP contribution in [0.25, 0.3) is 0 Å². The minimum Gasteiger partial charge on any atom is -0.356 e. The number of carbonyl (C=O) groups excluding carboxylic acids is 13. The van der Waals surface area contributed by atoms with Gasteiger partial charge in [0.05, 0.1) is 28.4 Å². The van der Waals surface area contributed by atoms with E-state index in [4.69, 9.17) is 0 Å². The van der Waals surface area contributed by atoms with Gasteiger partial charge in [-0.1, -0.05) is 0 Å². The average Bonchev–Trinajstić information content (AvgIpc) is 1.70. The van der Waals surface area contributed by atoms with Crippen LogP contribution in [0.2, 0.25) is 0 Å². The number of amides is 13. The predicted octanol–water partition coefficient (Wildman–Crippen LogP) is 0.557. The SMILES string of the molecule is CC(=O)N[C@H](CCNC(=O)c1nc(NC(=O)c2cc(NC(=O)CCNC(=O)c3nc(NC(=O)c4nccn4C)cn3C)cn2C)cn1C)C(=O)Nc1cc(C(=O)Nc2cc(C(=O)NCCC(=O)Nc3cc(C(=O)Nc4cc(C(=O)NCCC(=O)NCCCN(C)C)n(C)c4)n(C)c3)n(C)c2)n(C)c1. The van der Waals surface area contributed by atoms with Crippen LogP contribution < -0.4 is 69.1 Å². The van der Waals surface area contributed by atoms with Gasteiger partial charge < -0.3 is 111 Å². The van der Waals surface area contributed by atoms with E-state index in [1.807, 2.05) is 19.0 Å². The van der Waals surface area contributed by atoms with Crippen LogP contribution in [0.3, 0.4) is 0 Å². The summed E-state index contributed by atoms with van der Waals surface area (Å²) in [5.74, 6) is -6.68. The average molecular weight is 1420 g/mol. The molecule has 8 rings (SSSR count). The van der Waals surface area contributed by atoms with Gasteiger partial charge in [0.2, 0.25) is 41.2 Å². The minimum absolute atomic E-state index is 0.0117. The molecular formula is C65H83N25O13. The van der Waals surface area contributed by atoms with Gasteiger partial charge in [-0.3, -0.25) is 62.3 Å². The fraction of sp³-hybridized carbons (Fsp3) is 0.354. The van der Waals surface area contributed by atoms with E-state index in [9.17, 15) is 62.3 Å². The lowest BCUT2D eigenvalue weighted by Gasteiger charge is -2.17. The lowest BCUT2D eigenvalue weighted by atomic mass is 10.2. The molecule has 0 aromatic carbocycles. The highest BCUT2D eigenvalue weighted by Crippen LogP contribution is 2.22. The molecule has 0 bridgehead atoms. The summed E-state index contributed by atoms with van der Waals surface area (Å²) >= 11 is 0. The third-order valence-corrected chi connectivity index (χ3v) is 15.6. The summed E-state index contributed by atoms with van der Waals surface area (Å²) in [4.78, 5) is 184. The van der Waals surface area contributed by atoms with Crippen molar-refractivity contribution in [2.24, 2.45) is 56.4 Å². The molecule has 0 saturated heterocycles. The number of anilines is 7. The zero-order valence-corrected chi connectivity index (χ0v) is 58.6. The second-order valence-electron chi connectivity index (χ2n) is 24.3. The Morgan fingerprint density at radius 2 is 0.767 bits per heavy atom. The first-order valence-electron chi connectivity index (χ1n) is 32.2. The normalized spacial score (nSPS) is 11.3. The number of nitrogens with zero attached hydrogens (tertiary/aromatic N) is 12. The smallest absolute Gasteiger partial charge is 0.292 e. The molecular weight excluding hydrogens is 1340 g/mol. The Bertz CT molecular complexity index is 4550. The first-order chi connectivity index (χ1) is 48.9. The van der Waals surface area contributed by atoms with Crippen LogP contribution in [0.4, 0.5) is 40.1 Å². The van der Waals surface area contributed by atoms with Crippen LogP contribution in [-0.4, -0.2) is 193 Å². The molecule has 546 valence electrons. The Morgan fingerprint density at radius 3 is 1.18 bits per heavy atom. The van der Waals surface area contributed by atoms with Crippen molar-refractivity contribution in [2.75, 3.05) is 90.6 Å². The van der Waals surface area contributed by atoms with E-state index in [0.717, 1.165) is 13.0 Å². The van der Waals surface area contributed by atoms with Gasteiger partial charge in [-0.25, -0.2) is 15.0 Å². The van der Waals surface area contributed by atoms with Gasteiger partial charge in [0, 0.05) is 171 Å². The van der Waals surface area contributed by atoms with E-state index in [1.54, 1.807) is 72.5 Å². The highest BCUT2D eigenvalue weighted by molar-refractivity contribution is 6.08. The molecule has 0 saturated carbocycles. The van der Waals surface area contributed by atoms with Crippen molar-refractivity contribution in [2.45, 2.75) is 45.1 Å². The van der Waals surface area contributed by atoms with Gasteiger partial charge in [-0.15, -0.1) is 0 Å². The molecule has 0 aliphatic rings. The molecule has 8 aromatic heterocycles. The van der Waals surface area contributed by atoms with E-state index in [2.05, 4.69) is 84.1 Å². The zero-order valence-electron chi connectivity index (χ0n) is 58.6. The third kappa shape index (κ3) is 20.8. The molecule has 0 unspecified atom stereocenters. The highest BCUT2D eigenvalue weighted by Gasteiger charge is 2.26. The lowest BCUT2D eigenvalue weighted by molar-refractivity contribution is -0.125. The van der Waals surface area contributed by atoms with Crippen molar-refractivity contribution in [1.82, 2.24) is 88.3 Å². The summed E-state index contributed by atoms with van der Waals surface area (Å²) in [6.45, 7) is 2.43. The number of aromatic nitrogens is 11.